The highest BCUT2D eigenvalue weighted by Crippen LogP contribution is 2.16. The number of hydrogen-bond donors (Lipinski definition) is 2. The zero-order chi connectivity index (χ0) is 17.4. The highest BCUT2D eigenvalue weighted by atomic mass is 16.5. The van der Waals surface area contributed by atoms with Crippen molar-refractivity contribution >= 4 is 17.5 Å². The Labute approximate surface area is 139 Å². The maximum Gasteiger partial charge on any atom is 0.313 e. The molecule has 1 unspecified atom stereocenters. The fraction of sp³-hybridized carbons (Fsp3) is 0.294. The summed E-state index contributed by atoms with van der Waals surface area (Å²) in [5, 5.41) is 5.03. The predicted molar refractivity (Wildman–Crippen MR) is 87.7 cm³/mol. The average molecular weight is 332 g/mol. The van der Waals surface area contributed by atoms with Crippen LogP contribution >= 0.6 is 0 Å². The topological polar surface area (TPSA) is 89.8 Å². The summed E-state index contributed by atoms with van der Waals surface area (Å²) in [4.78, 5) is 23.8. The number of amides is 2. The van der Waals surface area contributed by atoms with Gasteiger partial charge in [-0.15, -0.1) is 0 Å². The number of anilines is 1. The normalized spacial score (nSPS) is 11.6. The summed E-state index contributed by atoms with van der Waals surface area (Å²) in [5.41, 5.74) is 0.507. The summed E-state index contributed by atoms with van der Waals surface area (Å²) < 4.78 is 15.8. The molecule has 1 heterocycles. The van der Waals surface area contributed by atoms with Crippen molar-refractivity contribution in [2.75, 3.05) is 25.6 Å². The Balaban J connectivity index is 1.84. The molecule has 0 fully saturated rings. The van der Waals surface area contributed by atoms with Crippen LogP contribution in [0.3, 0.4) is 0 Å². The number of rotatable bonds is 7. The van der Waals surface area contributed by atoms with Crippen molar-refractivity contribution in [3.05, 3.63) is 48.4 Å². The number of hydrogen-bond acceptors (Lipinski definition) is 5. The molecule has 2 rings (SSSR count). The molecule has 7 heteroatoms. The zero-order valence-electron chi connectivity index (χ0n) is 13.6. The van der Waals surface area contributed by atoms with E-state index >= 15 is 0 Å². The second-order valence-corrected chi connectivity index (χ2v) is 4.86. The van der Waals surface area contributed by atoms with Crippen molar-refractivity contribution in [2.24, 2.45) is 0 Å². The molecule has 0 aliphatic rings. The molecule has 1 aromatic carbocycles. The van der Waals surface area contributed by atoms with Crippen molar-refractivity contribution in [3.63, 3.8) is 0 Å². The van der Waals surface area contributed by atoms with E-state index in [1.165, 1.54) is 13.4 Å². The van der Waals surface area contributed by atoms with E-state index in [2.05, 4.69) is 10.6 Å². The number of ether oxygens (including phenoxy) is 2. The second-order valence-electron chi connectivity index (χ2n) is 4.86. The molecular formula is C17H20N2O5. The summed E-state index contributed by atoms with van der Waals surface area (Å²) in [6.45, 7) is 2.57. The van der Waals surface area contributed by atoms with E-state index in [0.29, 0.717) is 23.8 Å². The molecule has 0 saturated heterocycles. The molecule has 2 N–H and O–H groups in total. The lowest BCUT2D eigenvalue weighted by molar-refractivity contribution is -0.136. The summed E-state index contributed by atoms with van der Waals surface area (Å²) in [7, 11) is 1.50. The standard InChI is InChI=1S/C17H20N2O5/c1-3-23-13-8-6-12(7-9-13)19-17(21)16(20)18-11-15(22-2)14-5-4-10-24-14/h4-10,15H,3,11H2,1-2H3,(H,18,20)(H,19,21). The molecule has 0 saturated carbocycles. The first-order valence-electron chi connectivity index (χ1n) is 7.52. The van der Waals surface area contributed by atoms with Gasteiger partial charge in [0.25, 0.3) is 0 Å². The molecule has 0 spiro atoms. The maximum atomic E-state index is 11.9. The van der Waals surface area contributed by atoms with Crippen LogP contribution in [0.4, 0.5) is 5.69 Å². The van der Waals surface area contributed by atoms with Gasteiger partial charge in [-0.2, -0.15) is 0 Å². The average Bonchev–Trinajstić information content (AvgIpc) is 3.11. The minimum Gasteiger partial charge on any atom is -0.494 e. The van der Waals surface area contributed by atoms with Crippen LogP contribution in [0.25, 0.3) is 0 Å². The minimum atomic E-state index is -0.756. The Morgan fingerprint density at radius 2 is 1.92 bits per heavy atom. The molecule has 7 nitrogen and oxygen atoms in total. The number of carbonyl (C=O) groups is 2. The first-order chi connectivity index (χ1) is 11.6. The van der Waals surface area contributed by atoms with Crippen LogP contribution in [0.15, 0.2) is 47.1 Å². The molecule has 1 atom stereocenters. The number of methoxy groups -OCH3 is 1. The van der Waals surface area contributed by atoms with Crippen LogP contribution in [0.1, 0.15) is 18.8 Å². The van der Waals surface area contributed by atoms with Crippen molar-refractivity contribution in [2.45, 2.75) is 13.0 Å². The molecule has 0 bridgehead atoms. The number of nitrogens with one attached hydrogen (secondary N) is 2. The summed E-state index contributed by atoms with van der Waals surface area (Å²) in [6, 6.07) is 10.2. The third-order valence-corrected chi connectivity index (χ3v) is 3.22. The van der Waals surface area contributed by atoms with E-state index in [-0.39, 0.29) is 6.54 Å². The van der Waals surface area contributed by atoms with Gasteiger partial charge < -0.3 is 24.5 Å². The van der Waals surface area contributed by atoms with Gasteiger partial charge in [0.1, 0.15) is 17.6 Å². The summed E-state index contributed by atoms with van der Waals surface area (Å²) in [6.07, 6.45) is 1.06. The molecule has 0 aliphatic carbocycles. The molecule has 24 heavy (non-hydrogen) atoms. The number of furan rings is 1. The molecule has 2 amide bonds. The molecule has 128 valence electrons. The van der Waals surface area contributed by atoms with Gasteiger partial charge in [-0.3, -0.25) is 9.59 Å². The lowest BCUT2D eigenvalue weighted by Crippen LogP contribution is -2.37. The quantitative estimate of drug-likeness (QED) is 0.758. The SMILES string of the molecule is CCOc1ccc(NC(=O)C(=O)NCC(OC)c2ccco2)cc1. The van der Waals surface area contributed by atoms with E-state index in [9.17, 15) is 9.59 Å². The maximum absolute atomic E-state index is 11.9. The number of carbonyl (C=O) groups excluding carboxylic acids is 2. The highest BCUT2D eigenvalue weighted by Gasteiger charge is 2.18. The second kappa shape index (κ2) is 8.73. The Morgan fingerprint density at radius 1 is 1.17 bits per heavy atom. The Kier molecular flexibility index (Phi) is 6.39. The van der Waals surface area contributed by atoms with E-state index in [4.69, 9.17) is 13.9 Å². The third kappa shape index (κ3) is 4.85. The van der Waals surface area contributed by atoms with E-state index < -0.39 is 17.9 Å². The highest BCUT2D eigenvalue weighted by molar-refractivity contribution is 6.39. The van der Waals surface area contributed by atoms with Gasteiger partial charge in [-0.25, -0.2) is 0 Å². The van der Waals surface area contributed by atoms with E-state index in [0.717, 1.165) is 0 Å². The van der Waals surface area contributed by atoms with E-state index in [1.807, 2.05) is 6.92 Å². The van der Waals surface area contributed by atoms with Crippen LogP contribution in [0.5, 0.6) is 5.75 Å². The molecule has 2 aromatic rings. The van der Waals surface area contributed by atoms with Crippen LogP contribution < -0.4 is 15.4 Å². The Morgan fingerprint density at radius 3 is 2.50 bits per heavy atom. The number of benzene rings is 1. The lowest BCUT2D eigenvalue weighted by Gasteiger charge is -2.13. The fourth-order valence-electron chi connectivity index (χ4n) is 2.03. The summed E-state index contributed by atoms with van der Waals surface area (Å²) >= 11 is 0. The van der Waals surface area contributed by atoms with Crippen molar-refractivity contribution in [3.8, 4) is 5.75 Å². The van der Waals surface area contributed by atoms with Crippen LogP contribution in [-0.4, -0.2) is 32.1 Å². The predicted octanol–water partition coefficient (Wildman–Crippen LogP) is 2.12. The first-order valence-corrected chi connectivity index (χ1v) is 7.52. The molecule has 0 aliphatic heterocycles. The van der Waals surface area contributed by atoms with Crippen LogP contribution in [-0.2, 0) is 14.3 Å². The van der Waals surface area contributed by atoms with Gasteiger partial charge in [-0.1, -0.05) is 0 Å². The largest absolute Gasteiger partial charge is 0.494 e. The minimum absolute atomic E-state index is 0.125. The van der Waals surface area contributed by atoms with Gasteiger partial charge in [0.05, 0.1) is 19.4 Å². The van der Waals surface area contributed by atoms with Gasteiger partial charge in [0.2, 0.25) is 0 Å². The zero-order valence-corrected chi connectivity index (χ0v) is 13.6. The Bertz CT molecular complexity index is 652. The lowest BCUT2D eigenvalue weighted by atomic mass is 10.2. The van der Waals surface area contributed by atoms with Crippen LogP contribution in [0, 0.1) is 0 Å². The smallest absolute Gasteiger partial charge is 0.313 e. The third-order valence-electron chi connectivity index (χ3n) is 3.22. The first kappa shape index (κ1) is 17.6. The van der Waals surface area contributed by atoms with Gasteiger partial charge >= 0.3 is 11.8 Å². The van der Waals surface area contributed by atoms with E-state index in [1.54, 1.807) is 36.4 Å². The molecule has 1 aromatic heterocycles. The van der Waals surface area contributed by atoms with Gasteiger partial charge in [-0.05, 0) is 43.3 Å². The van der Waals surface area contributed by atoms with Gasteiger partial charge in [0.15, 0.2) is 0 Å². The molecule has 0 radical (unpaired) electrons. The van der Waals surface area contributed by atoms with Crippen LogP contribution in [0.2, 0.25) is 0 Å². The van der Waals surface area contributed by atoms with Gasteiger partial charge in [0, 0.05) is 12.8 Å². The fourth-order valence-corrected chi connectivity index (χ4v) is 2.03. The van der Waals surface area contributed by atoms with Crippen molar-refractivity contribution in [1.29, 1.82) is 0 Å². The van der Waals surface area contributed by atoms with Crippen molar-refractivity contribution < 1.29 is 23.5 Å². The Hall–Kier alpha value is -2.80. The monoisotopic (exact) mass is 332 g/mol. The summed E-state index contributed by atoms with van der Waals surface area (Å²) in [5.74, 6) is -0.239. The molecular weight excluding hydrogens is 312 g/mol. The van der Waals surface area contributed by atoms with Crippen molar-refractivity contribution in [1.82, 2.24) is 5.32 Å².